The molecule has 0 unspecified atom stereocenters. The third-order valence-corrected chi connectivity index (χ3v) is 7.25. The van der Waals surface area contributed by atoms with Crippen molar-refractivity contribution in [3.8, 4) is 5.75 Å². The van der Waals surface area contributed by atoms with Crippen LogP contribution in [0.25, 0.3) is 0 Å². The second-order valence-corrected chi connectivity index (χ2v) is 9.10. The van der Waals surface area contributed by atoms with Crippen LogP contribution in [0, 0.1) is 0 Å². The van der Waals surface area contributed by atoms with Gasteiger partial charge in [0.1, 0.15) is 5.75 Å². The third kappa shape index (κ3) is 4.50. The normalized spacial score (nSPS) is 18.4. The molecule has 2 aliphatic heterocycles. The average molecular weight is 434 g/mol. The Morgan fingerprint density at radius 3 is 2.37 bits per heavy atom. The highest BCUT2D eigenvalue weighted by Gasteiger charge is 2.29. The fourth-order valence-corrected chi connectivity index (χ4v) is 5.10. The molecule has 0 spiro atoms. The standard InChI is InChI=1S/C20H27N5O4S/c1-2-29-18-3-5-19(6-4-18)30(26,27)25-9-7-24(8-10-25)20-15-17(16-21-22-20)23-11-13-28-14-12-23/h3-6,15-16H,2,7-14H2,1H3. The largest absolute Gasteiger partial charge is 0.494 e. The van der Waals surface area contributed by atoms with Gasteiger partial charge in [0, 0.05) is 45.3 Å². The van der Waals surface area contributed by atoms with Gasteiger partial charge in [-0.2, -0.15) is 9.40 Å². The van der Waals surface area contributed by atoms with E-state index in [-0.39, 0.29) is 4.90 Å². The van der Waals surface area contributed by atoms with Gasteiger partial charge in [0.2, 0.25) is 10.0 Å². The molecule has 0 N–H and O–H groups in total. The molecular formula is C20H27N5O4S. The Bertz CT molecular complexity index is 940. The van der Waals surface area contributed by atoms with Crippen molar-refractivity contribution < 1.29 is 17.9 Å². The van der Waals surface area contributed by atoms with Crippen LogP contribution in [-0.2, 0) is 14.8 Å². The molecule has 2 aromatic rings. The van der Waals surface area contributed by atoms with Crippen molar-refractivity contribution in [2.24, 2.45) is 0 Å². The summed E-state index contributed by atoms with van der Waals surface area (Å²) in [6.45, 7) is 7.46. The Labute approximate surface area is 177 Å². The number of hydrogen-bond acceptors (Lipinski definition) is 8. The van der Waals surface area contributed by atoms with Crippen LogP contribution in [0.2, 0.25) is 0 Å². The smallest absolute Gasteiger partial charge is 0.243 e. The van der Waals surface area contributed by atoms with Gasteiger partial charge in [-0.3, -0.25) is 0 Å². The molecule has 2 fully saturated rings. The van der Waals surface area contributed by atoms with E-state index >= 15 is 0 Å². The highest BCUT2D eigenvalue weighted by Crippen LogP contribution is 2.24. The van der Waals surface area contributed by atoms with Crippen LogP contribution in [0.5, 0.6) is 5.75 Å². The number of rotatable bonds is 6. The molecule has 10 heteroatoms. The molecule has 1 aromatic carbocycles. The fraction of sp³-hybridized carbons (Fsp3) is 0.500. The maximum absolute atomic E-state index is 13.0. The van der Waals surface area contributed by atoms with Crippen molar-refractivity contribution in [2.75, 3.05) is 68.9 Å². The topological polar surface area (TPSA) is 88.1 Å². The minimum atomic E-state index is -3.53. The second-order valence-electron chi connectivity index (χ2n) is 7.17. The van der Waals surface area contributed by atoms with E-state index in [1.165, 1.54) is 4.31 Å². The number of sulfonamides is 1. The lowest BCUT2D eigenvalue weighted by atomic mass is 10.3. The van der Waals surface area contributed by atoms with Crippen molar-refractivity contribution in [3.05, 3.63) is 36.5 Å². The lowest BCUT2D eigenvalue weighted by molar-refractivity contribution is 0.122. The molecular weight excluding hydrogens is 406 g/mol. The van der Waals surface area contributed by atoms with Gasteiger partial charge in [-0.05, 0) is 31.2 Å². The SMILES string of the molecule is CCOc1ccc(S(=O)(=O)N2CCN(c3cc(N4CCOCC4)cnn3)CC2)cc1. The Balaban J connectivity index is 1.41. The molecule has 0 saturated carbocycles. The highest BCUT2D eigenvalue weighted by molar-refractivity contribution is 7.89. The molecule has 2 aliphatic rings. The molecule has 2 saturated heterocycles. The number of anilines is 2. The number of piperazine rings is 1. The number of benzene rings is 1. The van der Waals surface area contributed by atoms with E-state index in [4.69, 9.17) is 9.47 Å². The number of aromatic nitrogens is 2. The first-order valence-electron chi connectivity index (χ1n) is 10.2. The number of morpholine rings is 1. The average Bonchev–Trinajstić information content (AvgIpc) is 2.80. The molecule has 0 radical (unpaired) electrons. The first kappa shape index (κ1) is 20.8. The molecule has 0 amide bonds. The van der Waals surface area contributed by atoms with Gasteiger partial charge in [0.15, 0.2) is 5.82 Å². The maximum atomic E-state index is 13.0. The molecule has 0 bridgehead atoms. The van der Waals surface area contributed by atoms with E-state index in [2.05, 4.69) is 20.0 Å². The van der Waals surface area contributed by atoms with E-state index in [1.807, 2.05) is 13.0 Å². The van der Waals surface area contributed by atoms with Crippen LogP contribution < -0.4 is 14.5 Å². The van der Waals surface area contributed by atoms with Crippen molar-refractivity contribution in [1.29, 1.82) is 0 Å². The summed E-state index contributed by atoms with van der Waals surface area (Å²) in [5.74, 6) is 1.44. The minimum absolute atomic E-state index is 0.286. The Morgan fingerprint density at radius 1 is 1.00 bits per heavy atom. The van der Waals surface area contributed by atoms with Gasteiger partial charge >= 0.3 is 0 Å². The molecule has 3 heterocycles. The number of ether oxygens (including phenoxy) is 2. The zero-order valence-corrected chi connectivity index (χ0v) is 17.9. The van der Waals surface area contributed by atoms with E-state index in [0.717, 1.165) is 24.6 Å². The summed E-state index contributed by atoms with van der Waals surface area (Å²) >= 11 is 0. The monoisotopic (exact) mass is 433 g/mol. The van der Waals surface area contributed by atoms with Crippen LogP contribution in [0.15, 0.2) is 41.4 Å². The number of nitrogens with zero attached hydrogens (tertiary/aromatic N) is 5. The zero-order chi connectivity index (χ0) is 21.0. The van der Waals surface area contributed by atoms with Crippen molar-refractivity contribution in [2.45, 2.75) is 11.8 Å². The minimum Gasteiger partial charge on any atom is -0.494 e. The summed E-state index contributed by atoms with van der Waals surface area (Å²) < 4.78 is 38.3. The quantitative estimate of drug-likeness (QED) is 0.672. The molecule has 9 nitrogen and oxygen atoms in total. The molecule has 1 aromatic heterocycles. The summed E-state index contributed by atoms with van der Waals surface area (Å²) in [5, 5.41) is 8.42. The lowest BCUT2D eigenvalue weighted by Gasteiger charge is -2.35. The van der Waals surface area contributed by atoms with E-state index in [1.54, 1.807) is 30.5 Å². The predicted octanol–water partition coefficient (Wildman–Crippen LogP) is 1.22. The number of hydrogen-bond donors (Lipinski definition) is 0. The fourth-order valence-electron chi connectivity index (χ4n) is 3.68. The van der Waals surface area contributed by atoms with Gasteiger partial charge in [-0.15, -0.1) is 5.10 Å². The lowest BCUT2D eigenvalue weighted by Crippen LogP contribution is -2.49. The van der Waals surface area contributed by atoms with E-state index in [9.17, 15) is 8.42 Å². The van der Waals surface area contributed by atoms with Crippen LogP contribution in [0.4, 0.5) is 11.5 Å². The summed E-state index contributed by atoms with van der Waals surface area (Å²) in [4.78, 5) is 4.60. The first-order chi connectivity index (χ1) is 14.6. The summed E-state index contributed by atoms with van der Waals surface area (Å²) in [6, 6.07) is 8.61. The Hall–Kier alpha value is -2.43. The molecule has 0 atom stereocenters. The van der Waals surface area contributed by atoms with Gasteiger partial charge < -0.3 is 19.3 Å². The van der Waals surface area contributed by atoms with Gasteiger partial charge in [-0.1, -0.05) is 0 Å². The van der Waals surface area contributed by atoms with Crippen molar-refractivity contribution in [1.82, 2.24) is 14.5 Å². The highest BCUT2D eigenvalue weighted by atomic mass is 32.2. The Morgan fingerprint density at radius 2 is 1.70 bits per heavy atom. The van der Waals surface area contributed by atoms with Gasteiger partial charge in [0.05, 0.1) is 36.6 Å². The van der Waals surface area contributed by atoms with Crippen LogP contribution in [0.3, 0.4) is 0 Å². The zero-order valence-electron chi connectivity index (χ0n) is 17.1. The maximum Gasteiger partial charge on any atom is 0.243 e. The van der Waals surface area contributed by atoms with E-state index < -0.39 is 10.0 Å². The summed E-state index contributed by atoms with van der Waals surface area (Å²) in [6.07, 6.45) is 1.77. The van der Waals surface area contributed by atoms with Crippen LogP contribution in [0.1, 0.15) is 6.92 Å². The second kappa shape index (κ2) is 9.15. The van der Waals surface area contributed by atoms with E-state index in [0.29, 0.717) is 51.7 Å². The van der Waals surface area contributed by atoms with Crippen molar-refractivity contribution in [3.63, 3.8) is 0 Å². The molecule has 0 aliphatic carbocycles. The molecule has 162 valence electrons. The van der Waals surface area contributed by atoms with Gasteiger partial charge in [0.25, 0.3) is 0 Å². The summed E-state index contributed by atoms with van der Waals surface area (Å²) in [5.41, 5.74) is 1.02. The predicted molar refractivity (Wildman–Crippen MR) is 114 cm³/mol. The third-order valence-electron chi connectivity index (χ3n) is 5.34. The van der Waals surface area contributed by atoms with Crippen LogP contribution in [-0.4, -0.2) is 82.0 Å². The van der Waals surface area contributed by atoms with Crippen molar-refractivity contribution >= 4 is 21.5 Å². The first-order valence-corrected chi connectivity index (χ1v) is 11.7. The van der Waals surface area contributed by atoms with Crippen LogP contribution >= 0.6 is 0 Å². The Kier molecular flexibility index (Phi) is 6.35. The molecule has 30 heavy (non-hydrogen) atoms. The van der Waals surface area contributed by atoms with Gasteiger partial charge in [-0.25, -0.2) is 8.42 Å². The summed E-state index contributed by atoms with van der Waals surface area (Å²) in [7, 11) is -3.53. The molecule has 4 rings (SSSR count).